The van der Waals surface area contributed by atoms with E-state index < -0.39 is 16.1 Å². The number of hydrogen-bond donors (Lipinski definition) is 0. The summed E-state index contributed by atoms with van der Waals surface area (Å²) in [5.74, 6) is 1.78. The largest absolute Gasteiger partial charge is 0.497 e. The smallest absolute Gasteiger partial charge is 0.247 e. The molecule has 0 aromatic heterocycles. The fourth-order valence-electron chi connectivity index (χ4n) is 3.19. The van der Waals surface area contributed by atoms with Crippen LogP contribution in [0.25, 0.3) is 0 Å². The van der Waals surface area contributed by atoms with Crippen LogP contribution in [0.2, 0.25) is 0 Å². The molecule has 0 radical (unpaired) electrons. The minimum absolute atomic E-state index is 0.386. The third kappa shape index (κ3) is 3.71. The summed E-state index contributed by atoms with van der Waals surface area (Å²) in [6, 6.07) is 12.2. The third-order valence-corrected chi connectivity index (χ3v) is 5.43. The van der Waals surface area contributed by atoms with Crippen molar-refractivity contribution < 1.29 is 22.6 Å². The van der Waals surface area contributed by atoms with Crippen LogP contribution in [0, 0.1) is 0 Å². The number of rotatable bonds is 6. The quantitative estimate of drug-likeness (QED) is 0.758. The zero-order valence-electron chi connectivity index (χ0n) is 15.7. The summed E-state index contributed by atoms with van der Waals surface area (Å²) >= 11 is 0. The second-order valence-electron chi connectivity index (χ2n) is 6.11. The topological polar surface area (TPSA) is 77.4 Å². The molecular formula is C19H22N2O5S. The molecule has 144 valence electrons. The summed E-state index contributed by atoms with van der Waals surface area (Å²) < 4.78 is 42.2. The van der Waals surface area contributed by atoms with Crippen LogP contribution < -0.4 is 14.2 Å². The Kier molecular flexibility index (Phi) is 5.27. The van der Waals surface area contributed by atoms with Crippen LogP contribution in [0.3, 0.4) is 0 Å². The molecule has 0 fully saturated rings. The number of benzene rings is 2. The number of sulfonamides is 1. The zero-order valence-corrected chi connectivity index (χ0v) is 16.5. The Balaban J connectivity index is 2.10. The molecule has 0 aliphatic carbocycles. The van der Waals surface area contributed by atoms with Gasteiger partial charge in [0.1, 0.15) is 23.3 Å². The lowest BCUT2D eigenvalue weighted by atomic mass is 9.97. The standard InChI is InChI=1S/C19H22N2O5S/c1-24-14-8-5-7-13(11-14)15-12-16(21(20-15)27(4,22)23)19-17(25-2)9-6-10-18(19)26-3/h5-11,16H,12H2,1-4H3/t16-/m1/s1. The number of ether oxygens (including phenoxy) is 3. The van der Waals surface area contributed by atoms with Crippen molar-refractivity contribution in [3.05, 3.63) is 53.6 Å². The van der Waals surface area contributed by atoms with E-state index in [1.807, 2.05) is 24.3 Å². The highest BCUT2D eigenvalue weighted by molar-refractivity contribution is 7.88. The predicted octanol–water partition coefficient (Wildman–Crippen LogP) is 2.82. The molecule has 0 N–H and O–H groups in total. The van der Waals surface area contributed by atoms with Crippen molar-refractivity contribution >= 4 is 15.7 Å². The van der Waals surface area contributed by atoms with Gasteiger partial charge in [0.25, 0.3) is 0 Å². The van der Waals surface area contributed by atoms with Gasteiger partial charge in [-0.15, -0.1) is 0 Å². The summed E-state index contributed by atoms with van der Waals surface area (Å²) in [4.78, 5) is 0. The molecule has 0 saturated heterocycles. The van der Waals surface area contributed by atoms with Crippen molar-refractivity contribution in [2.75, 3.05) is 27.6 Å². The Morgan fingerprint density at radius 1 is 1.00 bits per heavy atom. The Labute approximate surface area is 159 Å². The van der Waals surface area contributed by atoms with Gasteiger partial charge < -0.3 is 14.2 Å². The Morgan fingerprint density at radius 2 is 1.63 bits per heavy atom. The minimum Gasteiger partial charge on any atom is -0.497 e. The molecule has 2 aromatic carbocycles. The van der Waals surface area contributed by atoms with Crippen molar-refractivity contribution in [1.82, 2.24) is 4.41 Å². The molecule has 27 heavy (non-hydrogen) atoms. The van der Waals surface area contributed by atoms with Crippen molar-refractivity contribution in [2.24, 2.45) is 5.10 Å². The van der Waals surface area contributed by atoms with Crippen LogP contribution in [0.4, 0.5) is 0 Å². The van der Waals surface area contributed by atoms with Gasteiger partial charge in [-0.25, -0.2) is 8.42 Å². The van der Waals surface area contributed by atoms with Gasteiger partial charge in [0.05, 0.1) is 38.9 Å². The second kappa shape index (κ2) is 7.48. The lowest BCUT2D eigenvalue weighted by Crippen LogP contribution is -2.26. The SMILES string of the molecule is COc1cccc(C2=NN(S(C)(=O)=O)[C@@H](c3c(OC)cccc3OC)C2)c1. The van der Waals surface area contributed by atoms with Gasteiger partial charge in [-0.1, -0.05) is 18.2 Å². The van der Waals surface area contributed by atoms with Crippen molar-refractivity contribution in [1.29, 1.82) is 0 Å². The van der Waals surface area contributed by atoms with E-state index in [9.17, 15) is 8.42 Å². The van der Waals surface area contributed by atoms with E-state index in [-0.39, 0.29) is 0 Å². The lowest BCUT2D eigenvalue weighted by molar-refractivity contribution is 0.332. The molecule has 0 bridgehead atoms. The minimum atomic E-state index is -3.60. The average molecular weight is 390 g/mol. The Morgan fingerprint density at radius 3 is 2.19 bits per heavy atom. The maximum absolute atomic E-state index is 12.4. The van der Waals surface area contributed by atoms with Crippen LogP contribution in [-0.4, -0.2) is 46.1 Å². The van der Waals surface area contributed by atoms with Gasteiger partial charge in [-0.2, -0.15) is 9.52 Å². The molecular weight excluding hydrogens is 368 g/mol. The molecule has 2 aromatic rings. The van der Waals surface area contributed by atoms with E-state index in [0.29, 0.717) is 34.9 Å². The highest BCUT2D eigenvalue weighted by Crippen LogP contribution is 2.43. The molecule has 0 amide bonds. The van der Waals surface area contributed by atoms with Crippen molar-refractivity contribution in [3.8, 4) is 17.2 Å². The summed E-state index contributed by atoms with van der Waals surface area (Å²) in [6.07, 6.45) is 1.52. The highest BCUT2D eigenvalue weighted by atomic mass is 32.2. The van der Waals surface area contributed by atoms with Crippen LogP contribution in [0.15, 0.2) is 47.6 Å². The summed E-state index contributed by atoms with van der Waals surface area (Å²) in [7, 11) is 1.07. The summed E-state index contributed by atoms with van der Waals surface area (Å²) in [5, 5.41) is 4.41. The Hall–Kier alpha value is -2.74. The van der Waals surface area contributed by atoms with Crippen LogP contribution in [0.5, 0.6) is 17.2 Å². The fraction of sp³-hybridized carbons (Fsp3) is 0.316. The lowest BCUT2D eigenvalue weighted by Gasteiger charge is -2.24. The van der Waals surface area contributed by atoms with E-state index >= 15 is 0 Å². The van der Waals surface area contributed by atoms with E-state index in [0.717, 1.165) is 16.2 Å². The Bertz CT molecular complexity index is 950. The number of hydrazone groups is 1. The molecule has 1 atom stereocenters. The molecule has 3 rings (SSSR count). The van der Waals surface area contributed by atoms with E-state index in [4.69, 9.17) is 14.2 Å². The first kappa shape index (κ1) is 19.0. The van der Waals surface area contributed by atoms with Gasteiger partial charge >= 0.3 is 0 Å². The maximum atomic E-state index is 12.4. The highest BCUT2D eigenvalue weighted by Gasteiger charge is 2.38. The second-order valence-corrected chi connectivity index (χ2v) is 7.95. The third-order valence-electron chi connectivity index (χ3n) is 4.41. The van der Waals surface area contributed by atoms with Gasteiger partial charge in [0.15, 0.2) is 0 Å². The molecule has 0 saturated carbocycles. The molecule has 1 aliphatic rings. The monoisotopic (exact) mass is 390 g/mol. The van der Waals surface area contributed by atoms with Crippen molar-refractivity contribution in [3.63, 3.8) is 0 Å². The molecule has 8 heteroatoms. The first-order valence-corrected chi connectivity index (χ1v) is 10.2. The maximum Gasteiger partial charge on any atom is 0.247 e. The van der Waals surface area contributed by atoms with E-state index in [2.05, 4.69) is 5.10 Å². The van der Waals surface area contributed by atoms with E-state index in [1.54, 1.807) is 39.5 Å². The molecule has 1 aliphatic heterocycles. The van der Waals surface area contributed by atoms with Crippen LogP contribution in [-0.2, 0) is 10.0 Å². The number of nitrogens with zero attached hydrogens (tertiary/aromatic N) is 2. The molecule has 0 unspecified atom stereocenters. The molecule has 0 spiro atoms. The number of methoxy groups -OCH3 is 3. The molecule has 7 nitrogen and oxygen atoms in total. The number of hydrogen-bond acceptors (Lipinski definition) is 6. The zero-order chi connectivity index (χ0) is 19.6. The first-order chi connectivity index (χ1) is 12.9. The normalized spacial score (nSPS) is 16.8. The molecule has 1 heterocycles. The van der Waals surface area contributed by atoms with Gasteiger partial charge in [0, 0.05) is 12.0 Å². The van der Waals surface area contributed by atoms with Gasteiger partial charge in [-0.05, 0) is 24.3 Å². The average Bonchev–Trinajstić information content (AvgIpc) is 3.12. The van der Waals surface area contributed by atoms with Crippen molar-refractivity contribution in [2.45, 2.75) is 12.5 Å². The van der Waals surface area contributed by atoms with Crippen LogP contribution in [0.1, 0.15) is 23.6 Å². The summed E-state index contributed by atoms with van der Waals surface area (Å²) in [6.45, 7) is 0. The summed E-state index contributed by atoms with van der Waals surface area (Å²) in [5.41, 5.74) is 2.10. The predicted molar refractivity (Wildman–Crippen MR) is 103 cm³/mol. The van der Waals surface area contributed by atoms with E-state index in [1.165, 1.54) is 0 Å². The van der Waals surface area contributed by atoms with Gasteiger partial charge in [-0.3, -0.25) is 0 Å². The first-order valence-electron chi connectivity index (χ1n) is 8.31. The van der Waals surface area contributed by atoms with Gasteiger partial charge in [0.2, 0.25) is 10.0 Å². The fourth-order valence-corrected chi connectivity index (χ4v) is 4.08. The van der Waals surface area contributed by atoms with Crippen LogP contribution >= 0.6 is 0 Å².